The molecule has 0 aliphatic carbocycles. The first kappa shape index (κ1) is 11.7. The largest absolute Gasteiger partial charge is 0.358 e. The molecule has 0 aliphatic heterocycles. The van der Waals surface area contributed by atoms with E-state index in [9.17, 15) is 4.79 Å². The number of carbonyl (C=O) groups is 1. The van der Waals surface area contributed by atoms with Crippen LogP contribution < -0.4 is 10.6 Å². The van der Waals surface area contributed by atoms with Crippen molar-refractivity contribution in [2.75, 3.05) is 14.1 Å². The van der Waals surface area contributed by atoms with E-state index >= 15 is 0 Å². The molecule has 1 heterocycles. The molecule has 0 bridgehead atoms. The Labute approximate surface area is 101 Å². The second kappa shape index (κ2) is 4.59. The Kier molecular flexibility index (Phi) is 3.15. The highest BCUT2D eigenvalue weighted by Gasteiger charge is 2.21. The number of benzene rings is 1. The second-order valence-corrected chi connectivity index (χ2v) is 4.05. The van der Waals surface area contributed by atoms with E-state index in [2.05, 4.69) is 16.7 Å². The molecule has 0 saturated carbocycles. The van der Waals surface area contributed by atoms with Crippen LogP contribution in [0.25, 0.3) is 10.9 Å². The maximum atomic E-state index is 11.8. The van der Waals surface area contributed by atoms with E-state index in [1.165, 1.54) is 0 Å². The van der Waals surface area contributed by atoms with Gasteiger partial charge in [-0.3, -0.25) is 4.79 Å². The molecule has 0 fully saturated rings. The van der Waals surface area contributed by atoms with Crippen molar-refractivity contribution in [3.8, 4) is 0 Å². The Balaban J connectivity index is 2.58. The smallest absolute Gasteiger partial charge is 0.241 e. The van der Waals surface area contributed by atoms with Gasteiger partial charge >= 0.3 is 0 Å². The summed E-state index contributed by atoms with van der Waals surface area (Å²) in [7, 11) is 5.43. The number of nitrogens with one attached hydrogen (secondary N) is 2. The molecule has 0 saturated heterocycles. The lowest BCUT2D eigenvalue weighted by molar-refractivity contribution is -0.122. The summed E-state index contributed by atoms with van der Waals surface area (Å²) in [5.41, 5.74) is 2.14. The molecule has 4 nitrogen and oxygen atoms in total. The maximum Gasteiger partial charge on any atom is 0.241 e. The average molecular weight is 231 g/mol. The standard InChI is InChI=1S/C13H17N3O/c1-14-12(13(17)15-2)10-8-16(3)11-7-5-4-6-9(10)11/h4-8,12,14H,1-3H3,(H,15,17). The van der Waals surface area contributed by atoms with Crippen LogP contribution in [0.2, 0.25) is 0 Å². The van der Waals surface area contributed by atoms with Gasteiger partial charge in [-0.05, 0) is 13.1 Å². The summed E-state index contributed by atoms with van der Waals surface area (Å²) in [4.78, 5) is 11.8. The summed E-state index contributed by atoms with van der Waals surface area (Å²) >= 11 is 0. The zero-order valence-electron chi connectivity index (χ0n) is 10.3. The molecule has 90 valence electrons. The minimum Gasteiger partial charge on any atom is -0.358 e. The van der Waals surface area contributed by atoms with Crippen LogP contribution in [0, 0.1) is 0 Å². The van der Waals surface area contributed by atoms with Gasteiger partial charge in [0.2, 0.25) is 5.91 Å². The van der Waals surface area contributed by atoms with E-state index < -0.39 is 0 Å². The van der Waals surface area contributed by atoms with Gasteiger partial charge in [0, 0.05) is 36.8 Å². The summed E-state index contributed by atoms with van der Waals surface area (Å²) in [5, 5.41) is 6.84. The van der Waals surface area contributed by atoms with Crippen molar-refractivity contribution in [1.82, 2.24) is 15.2 Å². The predicted octanol–water partition coefficient (Wildman–Crippen LogP) is 1.18. The predicted molar refractivity (Wildman–Crippen MR) is 68.8 cm³/mol. The van der Waals surface area contributed by atoms with Crippen LogP contribution in [0.15, 0.2) is 30.5 Å². The summed E-state index contributed by atoms with van der Waals surface area (Å²) < 4.78 is 2.04. The lowest BCUT2D eigenvalue weighted by Crippen LogP contribution is -2.33. The van der Waals surface area contributed by atoms with Crippen molar-refractivity contribution >= 4 is 16.8 Å². The van der Waals surface area contributed by atoms with Crippen LogP contribution in [-0.4, -0.2) is 24.6 Å². The van der Waals surface area contributed by atoms with Crippen molar-refractivity contribution in [2.24, 2.45) is 7.05 Å². The van der Waals surface area contributed by atoms with Crippen molar-refractivity contribution in [3.05, 3.63) is 36.0 Å². The quantitative estimate of drug-likeness (QED) is 0.833. The number of fused-ring (bicyclic) bond motifs is 1. The number of carbonyl (C=O) groups excluding carboxylic acids is 1. The Morgan fingerprint density at radius 2 is 2.00 bits per heavy atom. The number of likely N-dealkylation sites (N-methyl/N-ethyl adjacent to an activating group) is 2. The topological polar surface area (TPSA) is 46.1 Å². The number of aryl methyl sites for hydroxylation is 1. The molecule has 0 spiro atoms. The summed E-state index contributed by atoms with van der Waals surface area (Å²) in [6, 6.07) is 7.77. The fourth-order valence-corrected chi connectivity index (χ4v) is 2.18. The van der Waals surface area contributed by atoms with Crippen LogP contribution in [0.5, 0.6) is 0 Å². The minimum atomic E-state index is -0.314. The Morgan fingerprint density at radius 3 is 2.65 bits per heavy atom. The van der Waals surface area contributed by atoms with Gasteiger partial charge in [0.15, 0.2) is 0 Å². The van der Waals surface area contributed by atoms with E-state index in [-0.39, 0.29) is 11.9 Å². The monoisotopic (exact) mass is 231 g/mol. The number of rotatable bonds is 3. The normalized spacial score (nSPS) is 12.6. The van der Waals surface area contributed by atoms with Crippen molar-refractivity contribution in [2.45, 2.75) is 6.04 Å². The number of para-hydroxylation sites is 1. The SMILES string of the molecule is CNC(=O)C(NC)c1cn(C)c2ccccc12. The van der Waals surface area contributed by atoms with Crippen LogP contribution >= 0.6 is 0 Å². The van der Waals surface area contributed by atoms with Crippen molar-refractivity contribution in [1.29, 1.82) is 0 Å². The van der Waals surface area contributed by atoms with Gasteiger partial charge < -0.3 is 15.2 Å². The van der Waals surface area contributed by atoms with Gasteiger partial charge in [-0.1, -0.05) is 18.2 Å². The number of nitrogens with zero attached hydrogens (tertiary/aromatic N) is 1. The molecule has 1 unspecified atom stereocenters. The van der Waals surface area contributed by atoms with E-state index in [0.29, 0.717) is 0 Å². The first-order valence-electron chi connectivity index (χ1n) is 5.62. The fourth-order valence-electron chi connectivity index (χ4n) is 2.18. The lowest BCUT2D eigenvalue weighted by atomic mass is 10.1. The molecule has 2 N–H and O–H groups in total. The second-order valence-electron chi connectivity index (χ2n) is 4.05. The van der Waals surface area contributed by atoms with Gasteiger partial charge in [0.1, 0.15) is 6.04 Å². The molecule has 0 aliphatic rings. The Bertz CT molecular complexity index is 545. The molecule has 2 aromatic rings. The average Bonchev–Trinajstić information content (AvgIpc) is 2.68. The number of hydrogen-bond donors (Lipinski definition) is 2. The highest BCUT2D eigenvalue weighted by molar-refractivity contribution is 5.92. The summed E-state index contributed by atoms with van der Waals surface area (Å²) in [6.07, 6.45) is 2.00. The molecule has 1 aromatic heterocycles. The van der Waals surface area contributed by atoms with E-state index in [0.717, 1.165) is 16.5 Å². The molecule has 1 aromatic carbocycles. The van der Waals surface area contributed by atoms with E-state index in [1.807, 2.05) is 36.0 Å². The molecular weight excluding hydrogens is 214 g/mol. The molecule has 0 radical (unpaired) electrons. The van der Waals surface area contributed by atoms with E-state index in [4.69, 9.17) is 0 Å². The number of hydrogen-bond acceptors (Lipinski definition) is 2. The van der Waals surface area contributed by atoms with Crippen molar-refractivity contribution in [3.63, 3.8) is 0 Å². The lowest BCUT2D eigenvalue weighted by Gasteiger charge is -2.13. The van der Waals surface area contributed by atoms with Gasteiger partial charge in [-0.15, -0.1) is 0 Å². The highest BCUT2D eigenvalue weighted by atomic mass is 16.2. The number of amides is 1. The van der Waals surface area contributed by atoms with Crippen LogP contribution in [0.3, 0.4) is 0 Å². The first-order valence-corrected chi connectivity index (χ1v) is 5.62. The molecule has 2 rings (SSSR count). The third-order valence-corrected chi connectivity index (χ3v) is 3.04. The molecular formula is C13H17N3O. The zero-order chi connectivity index (χ0) is 12.4. The third kappa shape index (κ3) is 1.91. The molecule has 4 heteroatoms. The Hall–Kier alpha value is -1.81. The van der Waals surface area contributed by atoms with Crippen LogP contribution in [0.1, 0.15) is 11.6 Å². The van der Waals surface area contributed by atoms with Crippen LogP contribution in [-0.2, 0) is 11.8 Å². The number of aromatic nitrogens is 1. The summed E-state index contributed by atoms with van der Waals surface area (Å²) in [5.74, 6) is -0.0242. The van der Waals surface area contributed by atoms with Gasteiger partial charge in [0.25, 0.3) is 0 Å². The van der Waals surface area contributed by atoms with Gasteiger partial charge in [-0.2, -0.15) is 0 Å². The van der Waals surface area contributed by atoms with E-state index in [1.54, 1.807) is 14.1 Å². The molecule has 1 atom stereocenters. The highest BCUT2D eigenvalue weighted by Crippen LogP contribution is 2.25. The molecule has 17 heavy (non-hydrogen) atoms. The van der Waals surface area contributed by atoms with Gasteiger partial charge in [0.05, 0.1) is 0 Å². The minimum absolute atomic E-state index is 0.0242. The van der Waals surface area contributed by atoms with Crippen molar-refractivity contribution < 1.29 is 4.79 Å². The maximum absolute atomic E-state index is 11.8. The zero-order valence-corrected chi connectivity index (χ0v) is 10.3. The fraction of sp³-hybridized carbons (Fsp3) is 0.308. The van der Waals surface area contributed by atoms with Crippen LogP contribution in [0.4, 0.5) is 0 Å². The molecule has 1 amide bonds. The first-order chi connectivity index (χ1) is 8.19. The third-order valence-electron chi connectivity index (χ3n) is 3.04. The van der Waals surface area contributed by atoms with Gasteiger partial charge in [-0.25, -0.2) is 0 Å². The Morgan fingerprint density at radius 1 is 1.29 bits per heavy atom. The summed E-state index contributed by atoms with van der Waals surface area (Å²) in [6.45, 7) is 0.